The number of carbonyl (C=O) groups is 1. The lowest BCUT2D eigenvalue weighted by Gasteiger charge is -2.03. The van der Waals surface area contributed by atoms with E-state index in [1.807, 2.05) is 0 Å². The highest BCUT2D eigenvalue weighted by molar-refractivity contribution is 5.81. The van der Waals surface area contributed by atoms with Gasteiger partial charge in [-0.3, -0.25) is 4.79 Å². The van der Waals surface area contributed by atoms with Crippen molar-refractivity contribution in [1.82, 2.24) is 0 Å². The topological polar surface area (TPSA) is 50.1 Å². The molecule has 0 heterocycles. The number of halogens is 2. The van der Waals surface area contributed by atoms with Gasteiger partial charge in [0.15, 0.2) is 17.4 Å². The van der Waals surface area contributed by atoms with Crippen molar-refractivity contribution in [3.63, 3.8) is 0 Å². The van der Waals surface area contributed by atoms with Crippen LogP contribution in [0.25, 0.3) is 0 Å². The predicted molar refractivity (Wildman–Crippen MR) is 47.1 cm³/mol. The van der Waals surface area contributed by atoms with E-state index < -0.39 is 17.4 Å². The highest BCUT2D eigenvalue weighted by Gasteiger charge is 2.05. The van der Waals surface area contributed by atoms with Crippen molar-refractivity contribution < 1.29 is 18.3 Å². The Bertz CT molecular complexity index is 412. The lowest BCUT2D eigenvalue weighted by Crippen LogP contribution is -2.10. The van der Waals surface area contributed by atoms with Crippen LogP contribution in [0.5, 0.6) is 5.75 Å². The molecular weight excluding hydrogens is 204 g/mol. The Morgan fingerprint density at radius 1 is 1.40 bits per heavy atom. The number of benzene rings is 1. The summed E-state index contributed by atoms with van der Waals surface area (Å²) < 4.78 is 30.0. The first-order chi connectivity index (χ1) is 7.13. The zero-order valence-electron chi connectivity index (χ0n) is 7.67. The van der Waals surface area contributed by atoms with Crippen molar-refractivity contribution in [2.24, 2.45) is 0 Å². The molecule has 0 saturated heterocycles. The zero-order chi connectivity index (χ0) is 11.3. The minimum absolute atomic E-state index is 0.0557. The Hall–Kier alpha value is -1.96. The Morgan fingerprint density at radius 2 is 2.13 bits per heavy atom. The molecule has 0 fully saturated rings. The van der Waals surface area contributed by atoms with E-state index in [1.54, 1.807) is 6.07 Å². The van der Waals surface area contributed by atoms with Gasteiger partial charge in [0.1, 0.15) is 12.4 Å². The van der Waals surface area contributed by atoms with Gasteiger partial charge in [0.25, 0.3) is 0 Å². The summed E-state index contributed by atoms with van der Waals surface area (Å²) in [5, 5.41) is 8.18. The van der Waals surface area contributed by atoms with Crippen LogP contribution in [-0.4, -0.2) is 12.4 Å². The third-order valence-electron chi connectivity index (χ3n) is 1.57. The molecular formula is C10H7F2NO2. The van der Waals surface area contributed by atoms with E-state index in [2.05, 4.69) is 0 Å². The average molecular weight is 211 g/mol. The number of nitrogens with zero attached hydrogens (tertiary/aromatic N) is 1. The molecule has 1 rings (SSSR count). The smallest absolute Gasteiger partial charge is 0.184 e. The third-order valence-corrected chi connectivity index (χ3v) is 1.57. The van der Waals surface area contributed by atoms with Gasteiger partial charge in [-0.15, -0.1) is 0 Å². The Morgan fingerprint density at radius 3 is 2.73 bits per heavy atom. The number of ketones is 1. The number of nitriles is 1. The van der Waals surface area contributed by atoms with Gasteiger partial charge in [0.2, 0.25) is 0 Å². The molecule has 0 amide bonds. The van der Waals surface area contributed by atoms with E-state index in [9.17, 15) is 13.6 Å². The van der Waals surface area contributed by atoms with Gasteiger partial charge in [-0.05, 0) is 12.1 Å². The van der Waals surface area contributed by atoms with Crippen LogP contribution in [0.15, 0.2) is 18.2 Å². The van der Waals surface area contributed by atoms with Crippen LogP contribution in [0, 0.1) is 23.0 Å². The van der Waals surface area contributed by atoms with E-state index in [1.165, 1.54) is 6.07 Å². The highest BCUT2D eigenvalue weighted by atomic mass is 19.2. The van der Waals surface area contributed by atoms with Crippen molar-refractivity contribution in [1.29, 1.82) is 5.26 Å². The largest absolute Gasteiger partial charge is 0.486 e. The lowest BCUT2D eigenvalue weighted by atomic mass is 10.3. The molecule has 0 unspecified atom stereocenters. The minimum atomic E-state index is -1.04. The van der Waals surface area contributed by atoms with Gasteiger partial charge in [-0.1, -0.05) is 0 Å². The summed E-state index contributed by atoms with van der Waals surface area (Å²) in [5.74, 6) is -2.38. The highest BCUT2D eigenvalue weighted by Crippen LogP contribution is 2.15. The number of hydrogen-bond acceptors (Lipinski definition) is 3. The SMILES string of the molecule is N#CCC(=O)COc1ccc(F)c(F)c1. The molecule has 0 N–H and O–H groups in total. The van der Waals surface area contributed by atoms with Crippen LogP contribution in [0.3, 0.4) is 0 Å². The molecule has 0 aromatic heterocycles. The summed E-state index contributed by atoms with van der Waals surface area (Å²) in [4.78, 5) is 10.9. The zero-order valence-corrected chi connectivity index (χ0v) is 7.67. The number of rotatable bonds is 4. The summed E-state index contributed by atoms with van der Waals surface area (Å²) in [6, 6.07) is 4.61. The fourth-order valence-electron chi connectivity index (χ4n) is 0.870. The van der Waals surface area contributed by atoms with E-state index in [0.717, 1.165) is 12.1 Å². The van der Waals surface area contributed by atoms with Crippen molar-refractivity contribution >= 4 is 5.78 Å². The molecule has 3 nitrogen and oxygen atoms in total. The first kappa shape index (κ1) is 11.1. The molecule has 0 radical (unpaired) electrons. The molecule has 0 saturated carbocycles. The second kappa shape index (κ2) is 5.05. The van der Waals surface area contributed by atoms with Gasteiger partial charge >= 0.3 is 0 Å². The van der Waals surface area contributed by atoms with Gasteiger partial charge in [0, 0.05) is 6.07 Å². The molecule has 1 aromatic carbocycles. The van der Waals surface area contributed by atoms with Crippen LogP contribution < -0.4 is 4.74 Å². The maximum atomic E-state index is 12.7. The normalized spacial score (nSPS) is 9.40. The predicted octanol–water partition coefficient (Wildman–Crippen LogP) is 1.83. The lowest BCUT2D eigenvalue weighted by molar-refractivity contribution is -0.120. The van der Waals surface area contributed by atoms with Crippen LogP contribution in [0.4, 0.5) is 8.78 Å². The molecule has 1 aromatic rings. The standard InChI is InChI=1S/C10H7F2NO2/c11-9-2-1-8(5-10(9)12)15-6-7(14)3-4-13/h1-2,5H,3,6H2. The summed E-state index contributed by atoms with van der Waals surface area (Å²) in [7, 11) is 0. The van der Waals surface area contributed by atoms with E-state index in [0.29, 0.717) is 0 Å². The molecule has 0 spiro atoms. The van der Waals surface area contributed by atoms with Crippen molar-refractivity contribution in [3.05, 3.63) is 29.8 Å². The second-order valence-electron chi connectivity index (χ2n) is 2.74. The third kappa shape index (κ3) is 3.35. The summed E-state index contributed by atoms with van der Waals surface area (Å²) in [5.41, 5.74) is 0. The molecule has 5 heteroatoms. The molecule has 15 heavy (non-hydrogen) atoms. The van der Waals surface area contributed by atoms with E-state index in [4.69, 9.17) is 10.00 Å². The van der Waals surface area contributed by atoms with Gasteiger partial charge < -0.3 is 4.74 Å². The number of hydrogen-bond donors (Lipinski definition) is 0. The molecule has 78 valence electrons. The van der Waals surface area contributed by atoms with Crippen molar-refractivity contribution in [2.45, 2.75) is 6.42 Å². The first-order valence-corrected chi connectivity index (χ1v) is 4.10. The Labute approximate surface area is 84.9 Å². The Kier molecular flexibility index (Phi) is 3.75. The number of carbonyl (C=O) groups excluding carboxylic acids is 1. The van der Waals surface area contributed by atoms with E-state index in [-0.39, 0.29) is 18.8 Å². The quantitative estimate of drug-likeness (QED) is 0.763. The van der Waals surface area contributed by atoms with E-state index >= 15 is 0 Å². The fourth-order valence-corrected chi connectivity index (χ4v) is 0.870. The van der Waals surface area contributed by atoms with Gasteiger partial charge in [0.05, 0.1) is 12.5 Å². The van der Waals surface area contributed by atoms with Crippen LogP contribution in [-0.2, 0) is 4.79 Å². The maximum Gasteiger partial charge on any atom is 0.184 e. The fraction of sp³-hybridized carbons (Fsp3) is 0.200. The molecule has 0 aliphatic carbocycles. The van der Waals surface area contributed by atoms with Gasteiger partial charge in [-0.2, -0.15) is 5.26 Å². The van der Waals surface area contributed by atoms with Crippen LogP contribution in [0.2, 0.25) is 0 Å². The van der Waals surface area contributed by atoms with Crippen LogP contribution in [0.1, 0.15) is 6.42 Å². The second-order valence-corrected chi connectivity index (χ2v) is 2.74. The summed E-state index contributed by atoms with van der Waals surface area (Å²) in [6.07, 6.45) is -0.260. The first-order valence-electron chi connectivity index (χ1n) is 4.10. The number of Topliss-reactive ketones (excluding diaryl/α,β-unsaturated/α-hetero) is 1. The van der Waals surface area contributed by atoms with Crippen molar-refractivity contribution in [2.75, 3.05) is 6.61 Å². The molecule has 0 aliphatic heterocycles. The van der Waals surface area contributed by atoms with Crippen LogP contribution >= 0.6 is 0 Å². The van der Waals surface area contributed by atoms with Crippen molar-refractivity contribution in [3.8, 4) is 11.8 Å². The summed E-state index contributed by atoms with van der Waals surface area (Å²) in [6.45, 7) is -0.321. The van der Waals surface area contributed by atoms with Gasteiger partial charge in [-0.25, -0.2) is 8.78 Å². The minimum Gasteiger partial charge on any atom is -0.486 e. The maximum absolute atomic E-state index is 12.7. The summed E-state index contributed by atoms with van der Waals surface area (Å²) >= 11 is 0. The molecule has 0 aliphatic rings. The molecule has 0 bridgehead atoms. The Balaban J connectivity index is 2.55. The number of ether oxygens (including phenoxy) is 1. The molecule has 0 atom stereocenters. The average Bonchev–Trinajstić information content (AvgIpc) is 2.20. The monoisotopic (exact) mass is 211 g/mol.